The fraction of sp³-hybridized carbons (Fsp3) is 0.200. The summed E-state index contributed by atoms with van der Waals surface area (Å²) in [4.78, 5) is 16.9. The molecule has 1 N–H and O–H groups in total. The summed E-state index contributed by atoms with van der Waals surface area (Å²) in [6.45, 7) is 5.68. The number of aryl methyl sites for hydroxylation is 3. The summed E-state index contributed by atoms with van der Waals surface area (Å²) in [7, 11) is -3.97. The van der Waals surface area contributed by atoms with Gasteiger partial charge in [0.1, 0.15) is 5.01 Å². The summed E-state index contributed by atoms with van der Waals surface area (Å²) in [5, 5.41) is 2.64. The SMILES string of the molecule is Cc1csc(-c2cccc(S(=O)(=O)NC(=O)Cc3c(C)cc(Br)cc3C)c2)n1. The van der Waals surface area contributed by atoms with Crippen LogP contribution in [0.2, 0.25) is 0 Å². The lowest BCUT2D eigenvalue weighted by Gasteiger charge is -2.12. The van der Waals surface area contributed by atoms with Crippen molar-refractivity contribution in [2.45, 2.75) is 32.1 Å². The zero-order valence-corrected chi connectivity index (χ0v) is 18.8. The van der Waals surface area contributed by atoms with E-state index in [1.807, 2.05) is 38.3 Å². The van der Waals surface area contributed by atoms with E-state index < -0.39 is 15.9 Å². The number of halogens is 1. The highest BCUT2D eigenvalue weighted by atomic mass is 79.9. The number of aromatic nitrogens is 1. The molecule has 0 saturated heterocycles. The van der Waals surface area contributed by atoms with Gasteiger partial charge in [0, 0.05) is 21.1 Å². The van der Waals surface area contributed by atoms with E-state index in [1.165, 1.54) is 23.5 Å². The fourth-order valence-electron chi connectivity index (χ4n) is 2.91. The molecule has 1 amide bonds. The van der Waals surface area contributed by atoms with Gasteiger partial charge in [0.15, 0.2) is 0 Å². The van der Waals surface area contributed by atoms with Crippen LogP contribution < -0.4 is 4.72 Å². The van der Waals surface area contributed by atoms with Crippen molar-refractivity contribution >= 4 is 43.2 Å². The molecule has 146 valence electrons. The first-order valence-corrected chi connectivity index (χ1v) is 11.6. The van der Waals surface area contributed by atoms with Crippen LogP contribution in [0.25, 0.3) is 10.6 Å². The maximum atomic E-state index is 12.7. The molecule has 0 fully saturated rings. The molecular weight excluding hydrogens is 460 g/mol. The zero-order valence-electron chi connectivity index (χ0n) is 15.6. The van der Waals surface area contributed by atoms with E-state index in [0.717, 1.165) is 31.9 Å². The molecule has 0 aliphatic rings. The molecule has 2 aromatic carbocycles. The molecule has 0 atom stereocenters. The van der Waals surface area contributed by atoms with Gasteiger partial charge in [-0.1, -0.05) is 28.1 Å². The molecule has 0 bridgehead atoms. The van der Waals surface area contributed by atoms with E-state index in [4.69, 9.17) is 0 Å². The van der Waals surface area contributed by atoms with Crippen LogP contribution in [0.5, 0.6) is 0 Å². The number of carbonyl (C=O) groups is 1. The number of sulfonamides is 1. The molecule has 0 aliphatic heterocycles. The van der Waals surface area contributed by atoms with Crippen molar-refractivity contribution in [3.05, 3.63) is 68.6 Å². The number of hydrogen-bond acceptors (Lipinski definition) is 5. The first-order valence-electron chi connectivity index (χ1n) is 8.49. The number of nitrogens with one attached hydrogen (secondary N) is 1. The molecule has 5 nitrogen and oxygen atoms in total. The van der Waals surface area contributed by atoms with Gasteiger partial charge in [-0.25, -0.2) is 18.1 Å². The minimum Gasteiger partial charge on any atom is -0.274 e. The van der Waals surface area contributed by atoms with Crippen LogP contribution in [0.3, 0.4) is 0 Å². The van der Waals surface area contributed by atoms with E-state index in [2.05, 4.69) is 25.6 Å². The highest BCUT2D eigenvalue weighted by Gasteiger charge is 2.20. The highest BCUT2D eigenvalue weighted by molar-refractivity contribution is 9.10. The molecule has 0 spiro atoms. The molecule has 1 heterocycles. The Labute approximate surface area is 177 Å². The molecule has 0 saturated carbocycles. The smallest absolute Gasteiger partial charge is 0.264 e. The van der Waals surface area contributed by atoms with Crippen LogP contribution in [-0.4, -0.2) is 19.3 Å². The van der Waals surface area contributed by atoms with E-state index in [0.29, 0.717) is 5.56 Å². The van der Waals surface area contributed by atoms with Gasteiger partial charge in [-0.2, -0.15) is 0 Å². The van der Waals surface area contributed by atoms with Crippen molar-refractivity contribution < 1.29 is 13.2 Å². The maximum absolute atomic E-state index is 12.7. The van der Waals surface area contributed by atoms with Crippen molar-refractivity contribution in [2.75, 3.05) is 0 Å². The van der Waals surface area contributed by atoms with Crippen LogP contribution in [0.4, 0.5) is 0 Å². The van der Waals surface area contributed by atoms with Gasteiger partial charge < -0.3 is 0 Å². The van der Waals surface area contributed by atoms with E-state index in [9.17, 15) is 13.2 Å². The molecule has 3 rings (SSSR count). The Morgan fingerprint density at radius 2 is 1.82 bits per heavy atom. The van der Waals surface area contributed by atoms with Gasteiger partial charge in [0.25, 0.3) is 10.0 Å². The first-order chi connectivity index (χ1) is 13.2. The van der Waals surface area contributed by atoms with E-state index in [1.54, 1.807) is 12.1 Å². The monoisotopic (exact) mass is 478 g/mol. The summed E-state index contributed by atoms with van der Waals surface area (Å²) in [5.41, 5.74) is 4.26. The van der Waals surface area contributed by atoms with Crippen molar-refractivity contribution in [1.82, 2.24) is 9.71 Å². The minimum atomic E-state index is -3.97. The van der Waals surface area contributed by atoms with Gasteiger partial charge in [-0.05, 0) is 61.7 Å². The van der Waals surface area contributed by atoms with Crippen molar-refractivity contribution in [3.8, 4) is 10.6 Å². The average Bonchev–Trinajstić information content (AvgIpc) is 3.04. The third-order valence-corrected chi connectivity index (χ3v) is 7.09. The van der Waals surface area contributed by atoms with Crippen LogP contribution in [0.15, 0.2) is 51.1 Å². The van der Waals surface area contributed by atoms with Crippen molar-refractivity contribution in [3.63, 3.8) is 0 Å². The van der Waals surface area contributed by atoms with Crippen LogP contribution in [-0.2, 0) is 21.2 Å². The molecule has 3 aromatic rings. The standard InChI is InChI=1S/C20H19BrN2O3S2/c1-12-7-16(21)8-13(2)18(12)10-19(24)23-28(25,26)17-6-4-5-15(9-17)20-22-14(3)11-27-20/h4-9,11H,10H2,1-3H3,(H,23,24). The van der Waals surface area contributed by atoms with Crippen LogP contribution in [0.1, 0.15) is 22.4 Å². The Morgan fingerprint density at radius 1 is 1.14 bits per heavy atom. The summed E-state index contributed by atoms with van der Waals surface area (Å²) in [5.74, 6) is -0.566. The predicted molar refractivity (Wildman–Crippen MR) is 115 cm³/mol. The van der Waals surface area contributed by atoms with Crippen molar-refractivity contribution in [1.29, 1.82) is 0 Å². The Kier molecular flexibility index (Phi) is 6.02. The summed E-state index contributed by atoms with van der Waals surface area (Å²) < 4.78 is 28.5. The van der Waals surface area contributed by atoms with Gasteiger partial charge in [-0.3, -0.25) is 4.79 Å². The lowest BCUT2D eigenvalue weighted by atomic mass is 10.00. The lowest BCUT2D eigenvalue weighted by Crippen LogP contribution is -2.32. The number of hydrogen-bond donors (Lipinski definition) is 1. The molecule has 0 aliphatic carbocycles. The maximum Gasteiger partial charge on any atom is 0.264 e. The molecule has 0 unspecified atom stereocenters. The van der Waals surface area contributed by atoms with Crippen molar-refractivity contribution in [2.24, 2.45) is 0 Å². The Morgan fingerprint density at radius 3 is 2.43 bits per heavy atom. The topological polar surface area (TPSA) is 76.1 Å². The average molecular weight is 479 g/mol. The fourth-order valence-corrected chi connectivity index (χ4v) is 5.42. The number of amides is 1. The number of rotatable bonds is 5. The third-order valence-electron chi connectivity index (χ3n) is 4.26. The molecule has 0 radical (unpaired) electrons. The van der Waals surface area contributed by atoms with Gasteiger partial charge in [-0.15, -0.1) is 11.3 Å². The lowest BCUT2D eigenvalue weighted by molar-refractivity contribution is -0.118. The quantitative estimate of drug-likeness (QED) is 0.583. The zero-order chi connectivity index (χ0) is 20.5. The number of carbonyl (C=O) groups excluding carboxylic acids is 1. The highest BCUT2D eigenvalue weighted by Crippen LogP contribution is 2.26. The van der Waals surface area contributed by atoms with E-state index >= 15 is 0 Å². The second kappa shape index (κ2) is 8.14. The molecule has 1 aromatic heterocycles. The second-order valence-corrected chi connectivity index (χ2v) is 10.0. The third kappa shape index (κ3) is 4.68. The molecule has 28 heavy (non-hydrogen) atoms. The second-order valence-electron chi connectivity index (χ2n) is 6.55. The Bertz CT molecular complexity index is 1130. The minimum absolute atomic E-state index is 0.00442. The molecular formula is C20H19BrN2O3S2. The summed E-state index contributed by atoms with van der Waals surface area (Å²) in [6.07, 6.45) is -0.00442. The first kappa shape index (κ1) is 20.7. The summed E-state index contributed by atoms with van der Waals surface area (Å²) in [6, 6.07) is 10.3. The van der Waals surface area contributed by atoms with E-state index in [-0.39, 0.29) is 11.3 Å². The van der Waals surface area contributed by atoms with Crippen LogP contribution >= 0.6 is 27.3 Å². The van der Waals surface area contributed by atoms with Gasteiger partial charge in [0.05, 0.1) is 11.3 Å². The number of benzene rings is 2. The predicted octanol–water partition coefficient (Wildman–Crippen LogP) is 4.55. The Balaban J connectivity index is 1.81. The number of nitrogens with zero attached hydrogens (tertiary/aromatic N) is 1. The Hall–Kier alpha value is -2.03. The summed E-state index contributed by atoms with van der Waals surface area (Å²) >= 11 is 4.86. The van der Waals surface area contributed by atoms with Gasteiger partial charge >= 0.3 is 0 Å². The number of thiazole rings is 1. The normalized spacial score (nSPS) is 11.4. The van der Waals surface area contributed by atoms with Crippen LogP contribution in [0, 0.1) is 20.8 Å². The van der Waals surface area contributed by atoms with Gasteiger partial charge in [0.2, 0.25) is 5.91 Å². The molecule has 8 heteroatoms. The largest absolute Gasteiger partial charge is 0.274 e.